The summed E-state index contributed by atoms with van der Waals surface area (Å²) in [6.45, 7) is 8.51. The van der Waals surface area contributed by atoms with E-state index in [2.05, 4.69) is 52.0 Å². The minimum Gasteiger partial charge on any atom is -0.371 e. The molecule has 1 heterocycles. The van der Waals surface area contributed by atoms with E-state index in [0.29, 0.717) is 12.2 Å². The van der Waals surface area contributed by atoms with E-state index in [9.17, 15) is 0 Å². The van der Waals surface area contributed by atoms with Crippen molar-refractivity contribution >= 4 is 0 Å². The van der Waals surface area contributed by atoms with E-state index in [1.165, 1.54) is 30.4 Å². The molecule has 0 N–H and O–H groups in total. The molecule has 0 spiro atoms. The number of aryl methyl sites for hydroxylation is 1. The van der Waals surface area contributed by atoms with Crippen molar-refractivity contribution in [2.24, 2.45) is 0 Å². The van der Waals surface area contributed by atoms with Gasteiger partial charge in [-0.3, -0.25) is 0 Å². The number of hydrogen-bond acceptors (Lipinski definition) is 1. The van der Waals surface area contributed by atoms with Gasteiger partial charge in [-0.05, 0) is 32.3 Å². The van der Waals surface area contributed by atoms with Crippen LogP contribution in [0.4, 0.5) is 0 Å². The van der Waals surface area contributed by atoms with E-state index in [-0.39, 0.29) is 0 Å². The van der Waals surface area contributed by atoms with E-state index >= 15 is 0 Å². The second-order valence-corrected chi connectivity index (χ2v) is 4.63. The summed E-state index contributed by atoms with van der Waals surface area (Å²) in [5, 5.41) is 0. The molecule has 1 aliphatic rings. The lowest BCUT2D eigenvalue weighted by Gasteiger charge is -2.11. The van der Waals surface area contributed by atoms with E-state index < -0.39 is 0 Å². The Labute approximate surface area is 99.8 Å². The highest BCUT2D eigenvalue weighted by atomic mass is 16.5. The lowest BCUT2D eigenvalue weighted by atomic mass is 10.1. The zero-order valence-corrected chi connectivity index (χ0v) is 11.0. The topological polar surface area (TPSA) is 9.23 Å². The Morgan fingerprint density at radius 2 is 1.69 bits per heavy atom. The molecule has 1 fully saturated rings. The Morgan fingerprint density at radius 3 is 2.12 bits per heavy atom. The summed E-state index contributed by atoms with van der Waals surface area (Å²) in [7, 11) is 0. The van der Waals surface area contributed by atoms with E-state index in [4.69, 9.17) is 4.74 Å². The second-order valence-electron chi connectivity index (χ2n) is 4.63. The van der Waals surface area contributed by atoms with Crippen molar-refractivity contribution in [3.8, 4) is 0 Å². The monoisotopic (exact) mass is 220 g/mol. The molecule has 0 bridgehead atoms. The highest BCUT2D eigenvalue weighted by Crippen LogP contribution is 2.32. The van der Waals surface area contributed by atoms with Crippen LogP contribution in [0.25, 0.3) is 0 Å². The fourth-order valence-corrected chi connectivity index (χ4v) is 1.83. The van der Waals surface area contributed by atoms with Crippen molar-refractivity contribution in [1.82, 2.24) is 0 Å². The third-order valence-electron chi connectivity index (χ3n) is 2.68. The summed E-state index contributed by atoms with van der Waals surface area (Å²) in [6, 6.07) is 8.67. The summed E-state index contributed by atoms with van der Waals surface area (Å²) in [4.78, 5) is 0. The van der Waals surface area contributed by atoms with Crippen molar-refractivity contribution < 1.29 is 4.74 Å². The van der Waals surface area contributed by atoms with Gasteiger partial charge in [0.1, 0.15) is 0 Å². The fraction of sp³-hybridized carbons (Fsp3) is 0.600. The highest BCUT2D eigenvalue weighted by Gasteiger charge is 2.22. The van der Waals surface area contributed by atoms with Gasteiger partial charge in [0.25, 0.3) is 0 Å². The maximum Gasteiger partial charge on any atom is 0.0829 e. The molecule has 0 saturated carbocycles. The van der Waals surface area contributed by atoms with Crippen molar-refractivity contribution in [1.29, 1.82) is 0 Å². The van der Waals surface area contributed by atoms with E-state index in [0.717, 1.165) is 0 Å². The average Bonchev–Trinajstić information content (AvgIpc) is 2.67. The van der Waals surface area contributed by atoms with Crippen LogP contribution in [-0.4, -0.2) is 6.10 Å². The highest BCUT2D eigenvalue weighted by molar-refractivity contribution is 5.23. The first kappa shape index (κ1) is 13.2. The largest absolute Gasteiger partial charge is 0.371 e. The first-order chi connectivity index (χ1) is 7.67. The van der Waals surface area contributed by atoms with Crippen molar-refractivity contribution in [3.63, 3.8) is 0 Å². The summed E-state index contributed by atoms with van der Waals surface area (Å²) in [5.74, 6) is 0. The Balaban J connectivity index is 0.000000386. The van der Waals surface area contributed by atoms with Gasteiger partial charge >= 0.3 is 0 Å². The summed E-state index contributed by atoms with van der Waals surface area (Å²) < 4.78 is 5.79. The maximum absolute atomic E-state index is 5.79. The standard InChI is InChI=1S/C12H16O.C3H8/c1-9-3-6-11(7-4-9)12-8-5-10(2)13-12;1-3-2/h3-4,6-7,10,12H,5,8H2,1-2H3;3H2,1-2H3. The van der Waals surface area contributed by atoms with Crippen LogP contribution in [0.3, 0.4) is 0 Å². The van der Waals surface area contributed by atoms with Crippen molar-refractivity contribution in [3.05, 3.63) is 35.4 Å². The third kappa shape index (κ3) is 3.97. The van der Waals surface area contributed by atoms with Gasteiger partial charge in [0.05, 0.1) is 12.2 Å². The number of ether oxygens (including phenoxy) is 1. The zero-order chi connectivity index (χ0) is 12.0. The number of rotatable bonds is 1. The molecule has 2 atom stereocenters. The van der Waals surface area contributed by atoms with E-state index in [1.807, 2.05) is 0 Å². The number of benzene rings is 1. The minimum absolute atomic E-state index is 0.343. The molecule has 90 valence electrons. The molecule has 16 heavy (non-hydrogen) atoms. The quantitative estimate of drug-likeness (QED) is 0.669. The van der Waals surface area contributed by atoms with Crippen LogP contribution >= 0.6 is 0 Å². The van der Waals surface area contributed by atoms with Crippen LogP contribution in [0.1, 0.15) is 57.3 Å². The first-order valence-corrected chi connectivity index (χ1v) is 6.39. The second kappa shape index (κ2) is 6.70. The summed E-state index contributed by atoms with van der Waals surface area (Å²) >= 11 is 0. The molecule has 1 aromatic rings. The fourth-order valence-electron chi connectivity index (χ4n) is 1.83. The Hall–Kier alpha value is -0.820. The van der Waals surface area contributed by atoms with Gasteiger partial charge in [-0.1, -0.05) is 50.1 Å². The van der Waals surface area contributed by atoms with E-state index in [1.54, 1.807) is 0 Å². The normalized spacial score (nSPS) is 23.8. The van der Waals surface area contributed by atoms with Crippen LogP contribution in [0.5, 0.6) is 0 Å². The molecule has 1 saturated heterocycles. The van der Waals surface area contributed by atoms with Gasteiger partial charge in [0.2, 0.25) is 0 Å². The predicted molar refractivity (Wildman–Crippen MR) is 69.7 cm³/mol. The van der Waals surface area contributed by atoms with Gasteiger partial charge in [-0.2, -0.15) is 0 Å². The molecular weight excluding hydrogens is 196 g/mol. The first-order valence-electron chi connectivity index (χ1n) is 6.39. The molecule has 1 nitrogen and oxygen atoms in total. The summed E-state index contributed by atoms with van der Waals surface area (Å²) in [6.07, 6.45) is 4.39. The molecule has 0 aromatic heterocycles. The molecule has 0 aliphatic carbocycles. The van der Waals surface area contributed by atoms with Gasteiger partial charge in [0.15, 0.2) is 0 Å². The van der Waals surface area contributed by atoms with Crippen LogP contribution in [0.2, 0.25) is 0 Å². The van der Waals surface area contributed by atoms with Crippen LogP contribution in [0, 0.1) is 6.92 Å². The lowest BCUT2D eigenvalue weighted by Crippen LogP contribution is -2.00. The van der Waals surface area contributed by atoms with Crippen LogP contribution < -0.4 is 0 Å². The Kier molecular flexibility index (Phi) is 5.54. The Morgan fingerprint density at radius 1 is 1.12 bits per heavy atom. The molecule has 2 rings (SSSR count). The summed E-state index contributed by atoms with van der Waals surface area (Å²) in [5.41, 5.74) is 2.64. The van der Waals surface area contributed by atoms with Crippen molar-refractivity contribution in [2.45, 2.75) is 59.2 Å². The zero-order valence-electron chi connectivity index (χ0n) is 11.0. The molecule has 1 heteroatoms. The average molecular weight is 220 g/mol. The minimum atomic E-state index is 0.343. The maximum atomic E-state index is 5.79. The molecule has 1 aliphatic heterocycles. The smallest absolute Gasteiger partial charge is 0.0829 e. The SMILES string of the molecule is CCC.Cc1ccc(C2CCC(C)O2)cc1. The lowest BCUT2D eigenvalue weighted by molar-refractivity contribution is 0.0555. The van der Waals surface area contributed by atoms with Gasteiger partial charge in [0, 0.05) is 0 Å². The number of hydrogen-bond donors (Lipinski definition) is 0. The van der Waals surface area contributed by atoms with Crippen LogP contribution in [0.15, 0.2) is 24.3 Å². The molecule has 0 radical (unpaired) electrons. The van der Waals surface area contributed by atoms with Crippen molar-refractivity contribution in [2.75, 3.05) is 0 Å². The molecule has 1 aromatic carbocycles. The van der Waals surface area contributed by atoms with Gasteiger partial charge < -0.3 is 4.74 Å². The predicted octanol–water partition coefficient (Wildman–Crippen LogP) is 4.65. The third-order valence-corrected chi connectivity index (χ3v) is 2.68. The van der Waals surface area contributed by atoms with Gasteiger partial charge in [-0.25, -0.2) is 0 Å². The Bertz CT molecular complexity index is 289. The molecule has 0 amide bonds. The molecule has 2 unspecified atom stereocenters. The molecular formula is C15H24O. The van der Waals surface area contributed by atoms with Gasteiger partial charge in [-0.15, -0.1) is 0 Å². The van der Waals surface area contributed by atoms with Crippen LogP contribution in [-0.2, 0) is 4.74 Å².